The lowest BCUT2D eigenvalue weighted by molar-refractivity contribution is 0.0798. The number of rotatable bonds is 5. The SMILES string of the molecule is CCNS(=O)(=O)c1cc(N)ccc1C(=O)N(C)CC. The quantitative estimate of drug-likeness (QED) is 0.777. The molecule has 0 saturated heterocycles. The number of hydrogen-bond acceptors (Lipinski definition) is 4. The highest BCUT2D eigenvalue weighted by atomic mass is 32.2. The number of hydrogen-bond donors (Lipinski definition) is 2. The molecule has 0 spiro atoms. The number of sulfonamides is 1. The van der Waals surface area contributed by atoms with Gasteiger partial charge in [0.15, 0.2) is 0 Å². The van der Waals surface area contributed by atoms with Gasteiger partial charge in [0, 0.05) is 25.8 Å². The first kappa shape index (κ1) is 15.5. The Bertz CT molecular complexity index is 570. The second kappa shape index (κ2) is 6.03. The largest absolute Gasteiger partial charge is 0.399 e. The van der Waals surface area contributed by atoms with Crippen LogP contribution in [0.5, 0.6) is 0 Å². The molecule has 0 unspecified atom stereocenters. The Hall–Kier alpha value is -1.60. The molecule has 0 radical (unpaired) electrons. The maximum atomic E-state index is 12.2. The number of nitrogens with zero attached hydrogens (tertiary/aromatic N) is 1. The van der Waals surface area contributed by atoms with Crippen LogP contribution in [0.2, 0.25) is 0 Å². The zero-order chi connectivity index (χ0) is 14.6. The van der Waals surface area contributed by atoms with Crippen molar-refractivity contribution in [1.82, 2.24) is 9.62 Å². The van der Waals surface area contributed by atoms with Gasteiger partial charge in [-0.3, -0.25) is 4.79 Å². The first-order valence-electron chi connectivity index (χ1n) is 5.98. The molecule has 106 valence electrons. The lowest BCUT2D eigenvalue weighted by atomic mass is 10.2. The molecular weight excluding hydrogens is 266 g/mol. The summed E-state index contributed by atoms with van der Waals surface area (Å²) in [4.78, 5) is 13.5. The zero-order valence-electron chi connectivity index (χ0n) is 11.3. The molecule has 1 aromatic rings. The molecule has 0 heterocycles. The summed E-state index contributed by atoms with van der Waals surface area (Å²) in [6, 6.07) is 4.25. The molecule has 3 N–H and O–H groups in total. The standard InChI is InChI=1S/C12H19N3O3S/c1-4-14-19(17,18)11-8-9(13)6-7-10(11)12(16)15(3)5-2/h6-8,14H,4-5,13H2,1-3H3. The van der Waals surface area contributed by atoms with E-state index in [1.165, 1.54) is 23.1 Å². The van der Waals surface area contributed by atoms with Gasteiger partial charge in [0.25, 0.3) is 5.91 Å². The van der Waals surface area contributed by atoms with E-state index in [-0.39, 0.29) is 22.9 Å². The molecular formula is C12H19N3O3S. The molecule has 0 fully saturated rings. The van der Waals surface area contributed by atoms with Crippen molar-refractivity contribution in [3.63, 3.8) is 0 Å². The predicted molar refractivity (Wildman–Crippen MR) is 74.4 cm³/mol. The monoisotopic (exact) mass is 285 g/mol. The molecule has 1 rings (SSSR count). The molecule has 0 saturated carbocycles. The van der Waals surface area contributed by atoms with Gasteiger partial charge in [-0.15, -0.1) is 0 Å². The molecule has 1 amide bonds. The van der Waals surface area contributed by atoms with Gasteiger partial charge < -0.3 is 10.6 Å². The van der Waals surface area contributed by atoms with Gasteiger partial charge in [0.2, 0.25) is 10.0 Å². The van der Waals surface area contributed by atoms with Gasteiger partial charge >= 0.3 is 0 Å². The second-order valence-corrected chi connectivity index (χ2v) is 5.81. The summed E-state index contributed by atoms with van der Waals surface area (Å²) in [5, 5.41) is 0. The first-order valence-corrected chi connectivity index (χ1v) is 7.46. The number of nitrogen functional groups attached to an aromatic ring is 1. The van der Waals surface area contributed by atoms with Crippen LogP contribution in [0, 0.1) is 0 Å². The lowest BCUT2D eigenvalue weighted by Crippen LogP contribution is -2.30. The number of nitrogens with two attached hydrogens (primary N) is 1. The Kier molecular flexibility index (Phi) is 4.90. The van der Waals surface area contributed by atoms with E-state index in [4.69, 9.17) is 5.73 Å². The van der Waals surface area contributed by atoms with Crippen LogP contribution in [-0.2, 0) is 10.0 Å². The number of benzene rings is 1. The topological polar surface area (TPSA) is 92.5 Å². The minimum atomic E-state index is -3.73. The third-order valence-corrected chi connectivity index (χ3v) is 4.27. The average Bonchev–Trinajstić information content (AvgIpc) is 2.36. The fraction of sp³-hybridized carbons (Fsp3) is 0.417. The molecule has 19 heavy (non-hydrogen) atoms. The van der Waals surface area contributed by atoms with E-state index < -0.39 is 10.0 Å². The van der Waals surface area contributed by atoms with Crippen LogP contribution in [0.1, 0.15) is 24.2 Å². The molecule has 0 aliphatic rings. The van der Waals surface area contributed by atoms with Crippen molar-refractivity contribution in [2.75, 3.05) is 25.9 Å². The number of nitrogens with one attached hydrogen (secondary N) is 1. The van der Waals surface area contributed by atoms with Crippen LogP contribution in [0.3, 0.4) is 0 Å². The van der Waals surface area contributed by atoms with Gasteiger partial charge in [0.1, 0.15) is 0 Å². The van der Waals surface area contributed by atoms with E-state index in [2.05, 4.69) is 4.72 Å². The predicted octanol–water partition coefficient (Wildman–Crippen LogP) is 0.659. The van der Waals surface area contributed by atoms with Crippen molar-refractivity contribution < 1.29 is 13.2 Å². The van der Waals surface area contributed by atoms with Crippen LogP contribution in [0.15, 0.2) is 23.1 Å². The summed E-state index contributed by atoms with van der Waals surface area (Å²) in [6.07, 6.45) is 0. The van der Waals surface area contributed by atoms with Gasteiger partial charge in [0.05, 0.1) is 10.5 Å². The van der Waals surface area contributed by atoms with E-state index in [9.17, 15) is 13.2 Å². The molecule has 0 bridgehead atoms. The molecule has 0 aliphatic heterocycles. The Morgan fingerprint density at radius 1 is 1.37 bits per heavy atom. The third-order valence-electron chi connectivity index (χ3n) is 2.68. The smallest absolute Gasteiger partial charge is 0.254 e. The minimum absolute atomic E-state index is 0.0837. The first-order chi connectivity index (χ1) is 8.83. The minimum Gasteiger partial charge on any atom is -0.399 e. The molecule has 0 atom stereocenters. The van der Waals surface area contributed by atoms with Crippen molar-refractivity contribution in [2.24, 2.45) is 0 Å². The highest BCUT2D eigenvalue weighted by Crippen LogP contribution is 2.20. The summed E-state index contributed by atoms with van der Waals surface area (Å²) >= 11 is 0. The van der Waals surface area contributed by atoms with Gasteiger partial charge in [-0.1, -0.05) is 6.92 Å². The number of carbonyl (C=O) groups excluding carboxylic acids is 1. The van der Waals surface area contributed by atoms with E-state index in [0.717, 1.165) is 0 Å². The summed E-state index contributed by atoms with van der Waals surface area (Å²) in [6.45, 7) is 4.22. The Morgan fingerprint density at radius 2 is 2.00 bits per heavy atom. The lowest BCUT2D eigenvalue weighted by Gasteiger charge is -2.17. The van der Waals surface area contributed by atoms with Crippen molar-refractivity contribution in [2.45, 2.75) is 18.7 Å². The van der Waals surface area contributed by atoms with Crippen LogP contribution in [0.4, 0.5) is 5.69 Å². The van der Waals surface area contributed by atoms with Crippen LogP contribution in [0.25, 0.3) is 0 Å². The fourth-order valence-electron chi connectivity index (χ4n) is 1.55. The summed E-state index contributed by atoms with van der Waals surface area (Å²) in [7, 11) is -2.11. The number of carbonyl (C=O) groups is 1. The Balaban J connectivity index is 3.38. The molecule has 0 aliphatic carbocycles. The molecule has 0 aromatic heterocycles. The van der Waals surface area contributed by atoms with Crippen LogP contribution < -0.4 is 10.5 Å². The van der Waals surface area contributed by atoms with Crippen molar-refractivity contribution >= 4 is 21.6 Å². The normalized spacial score (nSPS) is 11.3. The van der Waals surface area contributed by atoms with Gasteiger partial charge in [-0.25, -0.2) is 13.1 Å². The Morgan fingerprint density at radius 3 is 2.53 bits per heavy atom. The maximum Gasteiger partial charge on any atom is 0.254 e. The van der Waals surface area contributed by atoms with Crippen molar-refractivity contribution in [1.29, 1.82) is 0 Å². The summed E-state index contributed by atoms with van der Waals surface area (Å²) < 4.78 is 26.5. The number of amides is 1. The second-order valence-electron chi connectivity index (χ2n) is 4.08. The summed E-state index contributed by atoms with van der Waals surface area (Å²) in [5.41, 5.74) is 6.03. The van der Waals surface area contributed by atoms with E-state index in [0.29, 0.717) is 12.2 Å². The fourth-order valence-corrected chi connectivity index (χ4v) is 2.83. The van der Waals surface area contributed by atoms with E-state index in [1.54, 1.807) is 14.0 Å². The van der Waals surface area contributed by atoms with E-state index >= 15 is 0 Å². The highest BCUT2D eigenvalue weighted by Gasteiger charge is 2.23. The third kappa shape index (κ3) is 3.45. The number of anilines is 1. The summed E-state index contributed by atoms with van der Waals surface area (Å²) in [5.74, 6) is -0.348. The molecule has 6 nitrogen and oxygen atoms in total. The van der Waals surface area contributed by atoms with Crippen LogP contribution in [-0.4, -0.2) is 39.4 Å². The van der Waals surface area contributed by atoms with Crippen LogP contribution >= 0.6 is 0 Å². The zero-order valence-corrected chi connectivity index (χ0v) is 12.1. The van der Waals surface area contributed by atoms with Gasteiger partial charge in [-0.05, 0) is 25.1 Å². The van der Waals surface area contributed by atoms with E-state index in [1.807, 2.05) is 6.92 Å². The van der Waals surface area contributed by atoms with Crippen molar-refractivity contribution in [3.8, 4) is 0 Å². The average molecular weight is 285 g/mol. The molecule has 7 heteroatoms. The van der Waals surface area contributed by atoms with Gasteiger partial charge in [-0.2, -0.15) is 0 Å². The maximum absolute atomic E-state index is 12.2. The molecule has 1 aromatic carbocycles. The Labute approximate surface area is 113 Å². The highest BCUT2D eigenvalue weighted by molar-refractivity contribution is 7.89. The van der Waals surface area contributed by atoms with Crippen molar-refractivity contribution in [3.05, 3.63) is 23.8 Å².